The summed E-state index contributed by atoms with van der Waals surface area (Å²) in [6.45, 7) is 3.08. The van der Waals surface area contributed by atoms with Crippen LogP contribution in [0, 0.1) is 6.92 Å². The lowest BCUT2D eigenvalue weighted by atomic mass is 9.81. The van der Waals surface area contributed by atoms with Crippen LogP contribution >= 0.6 is 11.3 Å². The van der Waals surface area contributed by atoms with Gasteiger partial charge in [0.2, 0.25) is 0 Å². The Morgan fingerprint density at radius 3 is 2.62 bits per heavy atom. The molecule has 4 rings (SSSR count). The molecule has 3 heterocycles. The lowest BCUT2D eigenvalue weighted by Crippen LogP contribution is -2.56. The number of aryl methyl sites for hydroxylation is 1. The summed E-state index contributed by atoms with van der Waals surface area (Å²) in [5, 5.41) is 8.40. The molecule has 1 aromatic carbocycles. The van der Waals surface area contributed by atoms with Crippen molar-refractivity contribution in [3.05, 3.63) is 52.2 Å². The molecule has 2 unspecified atom stereocenters. The average molecular weight is 370 g/mol. The summed E-state index contributed by atoms with van der Waals surface area (Å²) in [7, 11) is 0. The third-order valence-corrected chi connectivity index (χ3v) is 6.63. The molecule has 0 saturated carbocycles. The molecule has 2 N–H and O–H groups in total. The topological polar surface area (TPSA) is 44.4 Å². The zero-order valence-electron chi connectivity index (χ0n) is 15.3. The highest BCUT2D eigenvalue weighted by atomic mass is 32.1. The second-order valence-corrected chi connectivity index (χ2v) is 8.60. The molecule has 2 saturated heterocycles. The van der Waals surface area contributed by atoms with Gasteiger partial charge in [-0.1, -0.05) is 30.7 Å². The van der Waals surface area contributed by atoms with Gasteiger partial charge < -0.3 is 10.6 Å². The smallest absolute Gasteiger partial charge is 0.319 e. The van der Waals surface area contributed by atoms with Crippen molar-refractivity contribution in [2.75, 3.05) is 5.32 Å². The number of hydrogen-bond donors (Lipinski definition) is 2. The van der Waals surface area contributed by atoms with Gasteiger partial charge in [-0.2, -0.15) is 0 Å². The van der Waals surface area contributed by atoms with E-state index in [1.807, 2.05) is 42.5 Å². The van der Waals surface area contributed by atoms with Crippen molar-refractivity contribution in [2.45, 2.75) is 63.7 Å². The number of carbonyl (C=O) groups excluding carboxylic acids is 1. The molecule has 2 aliphatic heterocycles. The minimum Gasteiger partial charge on any atom is -0.335 e. The van der Waals surface area contributed by atoms with Crippen LogP contribution in [0.5, 0.6) is 0 Å². The number of urea groups is 1. The van der Waals surface area contributed by atoms with Gasteiger partial charge in [0.05, 0.1) is 0 Å². The predicted octanol–water partition coefficient (Wildman–Crippen LogP) is 4.76. The van der Waals surface area contributed by atoms with E-state index < -0.39 is 0 Å². The van der Waals surface area contributed by atoms with Crippen molar-refractivity contribution < 1.29 is 4.79 Å². The number of rotatable bonds is 4. The predicted molar refractivity (Wildman–Crippen MR) is 108 cm³/mol. The van der Waals surface area contributed by atoms with E-state index in [9.17, 15) is 4.79 Å². The summed E-state index contributed by atoms with van der Waals surface area (Å²) in [4.78, 5) is 16.6. The van der Waals surface area contributed by atoms with Crippen LogP contribution in [0.25, 0.3) is 0 Å². The molecule has 138 valence electrons. The van der Waals surface area contributed by atoms with Gasteiger partial charge in [-0.05, 0) is 55.7 Å². The zero-order valence-corrected chi connectivity index (χ0v) is 16.1. The molecule has 2 amide bonds. The first-order valence-electron chi connectivity index (χ1n) is 9.60. The number of thiophene rings is 1. The number of anilines is 1. The lowest BCUT2D eigenvalue weighted by molar-refractivity contribution is 0.0208. The average Bonchev–Trinajstić information content (AvgIpc) is 3.11. The van der Waals surface area contributed by atoms with Gasteiger partial charge in [-0.15, -0.1) is 11.3 Å². The summed E-state index contributed by atoms with van der Waals surface area (Å²) in [6.07, 6.45) is 5.93. The fraction of sp³-hybridized carbons (Fsp3) is 0.476. The van der Waals surface area contributed by atoms with Crippen LogP contribution in [-0.4, -0.2) is 29.1 Å². The van der Waals surface area contributed by atoms with Gasteiger partial charge in [-0.3, -0.25) is 4.90 Å². The molecule has 2 aliphatic rings. The van der Waals surface area contributed by atoms with Crippen molar-refractivity contribution in [3.8, 4) is 0 Å². The Balaban J connectivity index is 1.36. The van der Waals surface area contributed by atoms with Crippen LogP contribution in [0.4, 0.5) is 10.5 Å². The van der Waals surface area contributed by atoms with E-state index >= 15 is 0 Å². The molecule has 0 aliphatic carbocycles. The third kappa shape index (κ3) is 3.94. The molecule has 5 heteroatoms. The molecule has 2 bridgehead atoms. The van der Waals surface area contributed by atoms with Gasteiger partial charge in [0.25, 0.3) is 0 Å². The summed E-state index contributed by atoms with van der Waals surface area (Å²) in [5.74, 6) is 0. The zero-order chi connectivity index (χ0) is 17.9. The van der Waals surface area contributed by atoms with E-state index in [0.717, 1.165) is 30.6 Å². The Morgan fingerprint density at radius 2 is 1.92 bits per heavy atom. The second-order valence-electron chi connectivity index (χ2n) is 7.57. The Hall–Kier alpha value is -1.85. The van der Waals surface area contributed by atoms with E-state index in [1.54, 1.807) is 0 Å². The molecular weight excluding hydrogens is 342 g/mol. The summed E-state index contributed by atoms with van der Waals surface area (Å²) < 4.78 is 0. The number of nitrogens with zero attached hydrogens (tertiary/aromatic N) is 1. The van der Waals surface area contributed by atoms with Gasteiger partial charge in [0, 0.05) is 35.2 Å². The van der Waals surface area contributed by atoms with Crippen molar-refractivity contribution in [2.24, 2.45) is 0 Å². The van der Waals surface area contributed by atoms with Gasteiger partial charge in [-0.25, -0.2) is 4.79 Å². The van der Waals surface area contributed by atoms with E-state index in [1.165, 1.54) is 24.1 Å². The Kier molecular flexibility index (Phi) is 5.27. The maximum Gasteiger partial charge on any atom is 0.319 e. The van der Waals surface area contributed by atoms with Crippen molar-refractivity contribution in [1.29, 1.82) is 0 Å². The van der Waals surface area contributed by atoms with Crippen molar-refractivity contribution in [3.63, 3.8) is 0 Å². The minimum absolute atomic E-state index is 0.0749. The molecule has 0 radical (unpaired) electrons. The van der Waals surface area contributed by atoms with Crippen molar-refractivity contribution >= 4 is 23.1 Å². The largest absolute Gasteiger partial charge is 0.335 e. The molecule has 26 heavy (non-hydrogen) atoms. The van der Waals surface area contributed by atoms with Gasteiger partial charge >= 0.3 is 6.03 Å². The van der Waals surface area contributed by atoms with Gasteiger partial charge in [0.1, 0.15) is 0 Å². The number of amides is 2. The number of nitrogens with one attached hydrogen (secondary N) is 2. The van der Waals surface area contributed by atoms with Crippen molar-refractivity contribution in [1.82, 2.24) is 10.2 Å². The van der Waals surface area contributed by atoms with Crippen LogP contribution in [0.1, 0.15) is 42.5 Å². The highest BCUT2D eigenvalue weighted by molar-refractivity contribution is 7.09. The van der Waals surface area contributed by atoms with Crippen LogP contribution in [-0.2, 0) is 6.54 Å². The Bertz CT molecular complexity index is 731. The van der Waals surface area contributed by atoms with Crippen LogP contribution in [0.2, 0.25) is 0 Å². The third-order valence-electron chi connectivity index (χ3n) is 5.77. The monoisotopic (exact) mass is 369 g/mol. The number of para-hydroxylation sites is 1. The van der Waals surface area contributed by atoms with Crippen LogP contribution < -0.4 is 10.6 Å². The van der Waals surface area contributed by atoms with E-state index in [-0.39, 0.29) is 12.1 Å². The number of hydrogen-bond acceptors (Lipinski definition) is 3. The maximum absolute atomic E-state index is 12.5. The number of benzene rings is 1. The fourth-order valence-electron chi connectivity index (χ4n) is 4.49. The number of piperidine rings is 2. The molecular formula is C21H27N3OS. The standard InChI is InChI=1S/C21H27N3OS/c1-15-6-2-3-10-20(15)23-21(25)22-16-12-17-7-4-8-18(13-16)24(17)14-19-9-5-11-26-19/h2-3,5-6,9-11,16-18H,4,7-8,12-14H2,1H3,(H2,22,23,25). The highest BCUT2D eigenvalue weighted by Crippen LogP contribution is 2.35. The molecule has 0 spiro atoms. The molecule has 1 aromatic heterocycles. The second kappa shape index (κ2) is 7.80. The molecule has 4 nitrogen and oxygen atoms in total. The van der Waals surface area contributed by atoms with E-state index in [2.05, 4.69) is 33.0 Å². The summed E-state index contributed by atoms with van der Waals surface area (Å²) >= 11 is 1.85. The van der Waals surface area contributed by atoms with E-state index in [4.69, 9.17) is 0 Å². The first-order valence-corrected chi connectivity index (χ1v) is 10.5. The normalized spacial score (nSPS) is 25.7. The number of fused-ring (bicyclic) bond motifs is 2. The Labute approximate surface area is 159 Å². The van der Waals surface area contributed by atoms with Crippen LogP contribution in [0.3, 0.4) is 0 Å². The van der Waals surface area contributed by atoms with E-state index in [0.29, 0.717) is 12.1 Å². The first-order chi connectivity index (χ1) is 12.7. The SMILES string of the molecule is Cc1ccccc1NC(=O)NC1CC2CCCC(C1)N2Cc1cccs1. The Morgan fingerprint density at radius 1 is 1.15 bits per heavy atom. The summed E-state index contributed by atoms with van der Waals surface area (Å²) in [5.41, 5.74) is 1.98. The quantitative estimate of drug-likeness (QED) is 0.816. The highest BCUT2D eigenvalue weighted by Gasteiger charge is 2.38. The number of carbonyl (C=O) groups is 1. The molecule has 2 atom stereocenters. The molecule has 2 aromatic rings. The summed E-state index contributed by atoms with van der Waals surface area (Å²) in [6, 6.07) is 13.7. The van der Waals surface area contributed by atoms with Crippen LogP contribution in [0.15, 0.2) is 41.8 Å². The minimum atomic E-state index is -0.0749. The fourth-order valence-corrected chi connectivity index (χ4v) is 5.21. The van der Waals surface area contributed by atoms with Gasteiger partial charge in [0.15, 0.2) is 0 Å². The first kappa shape index (κ1) is 17.6. The molecule has 2 fully saturated rings. The lowest BCUT2D eigenvalue weighted by Gasteiger charge is -2.49. The maximum atomic E-state index is 12.5.